The third kappa shape index (κ3) is 3.68. The van der Waals surface area contributed by atoms with Crippen molar-refractivity contribution < 1.29 is 13.2 Å². The summed E-state index contributed by atoms with van der Waals surface area (Å²) in [5, 5.41) is 10.0. The summed E-state index contributed by atoms with van der Waals surface area (Å²) in [6.45, 7) is 0. The van der Waals surface area contributed by atoms with Gasteiger partial charge in [-0.15, -0.1) is 12.4 Å². The molecule has 1 amide bonds. The number of amides is 1. The molecule has 4 N–H and O–H groups in total. The molecule has 0 radical (unpaired) electrons. The minimum Gasteiger partial charge on any atom is -0.370 e. The zero-order valence-electron chi connectivity index (χ0n) is 13.6. The van der Waals surface area contributed by atoms with Gasteiger partial charge in [0, 0.05) is 29.7 Å². The molecule has 3 aromatic rings. The number of nitrogens with one attached hydrogen (secondary N) is 2. The molecule has 2 aromatic heterocycles. The number of hydrogen-bond acceptors (Lipinski definition) is 5. The fourth-order valence-corrected chi connectivity index (χ4v) is 3.11. The van der Waals surface area contributed by atoms with E-state index >= 15 is 0 Å². The molecule has 0 unspecified atom stereocenters. The third-order valence-electron chi connectivity index (χ3n) is 3.60. The fraction of sp³-hybridized carbons (Fsp3) is 0.0625. The van der Waals surface area contributed by atoms with Crippen molar-refractivity contribution in [3.63, 3.8) is 0 Å². The van der Waals surface area contributed by atoms with E-state index in [2.05, 4.69) is 10.3 Å². The molecule has 0 aliphatic heterocycles. The monoisotopic (exact) mass is 393 g/mol. The highest BCUT2D eigenvalue weighted by molar-refractivity contribution is 7.90. The SMILES string of the molecule is CS(=O)(=O)c1ccc(-n2cc(C(=O)NC(=N)N)c3cccnc32)cc1.Cl. The zero-order chi connectivity index (χ0) is 18.2. The van der Waals surface area contributed by atoms with Crippen LogP contribution in [0.2, 0.25) is 0 Å². The number of nitrogens with two attached hydrogens (primary N) is 1. The summed E-state index contributed by atoms with van der Waals surface area (Å²) >= 11 is 0. The number of carbonyl (C=O) groups is 1. The van der Waals surface area contributed by atoms with Crippen LogP contribution in [-0.4, -0.2) is 36.1 Å². The van der Waals surface area contributed by atoms with Gasteiger partial charge in [0.1, 0.15) is 5.65 Å². The van der Waals surface area contributed by atoms with Crippen molar-refractivity contribution in [2.75, 3.05) is 6.26 Å². The molecule has 2 heterocycles. The molecule has 0 saturated carbocycles. The lowest BCUT2D eigenvalue weighted by molar-refractivity contribution is 0.0978. The number of sulfone groups is 1. The number of nitrogens with zero attached hydrogens (tertiary/aromatic N) is 2. The van der Waals surface area contributed by atoms with E-state index in [1.165, 1.54) is 12.1 Å². The Kier molecular flexibility index (Phi) is 5.33. The van der Waals surface area contributed by atoms with Crippen LogP contribution in [-0.2, 0) is 9.84 Å². The normalized spacial score (nSPS) is 11.0. The van der Waals surface area contributed by atoms with E-state index in [0.717, 1.165) is 6.26 Å². The van der Waals surface area contributed by atoms with E-state index in [1.54, 1.807) is 41.2 Å². The first-order valence-electron chi connectivity index (χ1n) is 7.19. The quantitative estimate of drug-likeness (QED) is 0.458. The molecule has 0 aliphatic rings. The van der Waals surface area contributed by atoms with Crippen molar-refractivity contribution in [1.82, 2.24) is 14.9 Å². The van der Waals surface area contributed by atoms with Gasteiger partial charge >= 0.3 is 0 Å². The highest BCUT2D eigenvalue weighted by Crippen LogP contribution is 2.24. The standard InChI is InChI=1S/C16H15N5O3S.ClH/c1-25(23,24)11-6-4-10(5-7-11)21-9-13(15(22)20-16(17)18)12-3-2-8-19-14(12)21;/h2-9H,1H3,(H4,17,18,20,22);1H. The van der Waals surface area contributed by atoms with Crippen LogP contribution in [0, 0.1) is 5.41 Å². The highest BCUT2D eigenvalue weighted by atomic mass is 35.5. The van der Waals surface area contributed by atoms with Crippen molar-refractivity contribution >= 4 is 45.1 Å². The lowest BCUT2D eigenvalue weighted by Crippen LogP contribution is -2.35. The van der Waals surface area contributed by atoms with E-state index in [4.69, 9.17) is 11.1 Å². The van der Waals surface area contributed by atoms with Crippen LogP contribution in [0.5, 0.6) is 0 Å². The second kappa shape index (κ2) is 7.14. The van der Waals surface area contributed by atoms with Crippen molar-refractivity contribution in [3.05, 3.63) is 54.4 Å². The molecule has 3 rings (SSSR count). The summed E-state index contributed by atoms with van der Waals surface area (Å²) in [4.78, 5) is 16.7. The number of carbonyl (C=O) groups excluding carboxylic acids is 1. The molecular formula is C16H16ClN5O3S. The smallest absolute Gasteiger partial charge is 0.260 e. The Morgan fingerprint density at radius 1 is 1.23 bits per heavy atom. The van der Waals surface area contributed by atoms with E-state index in [-0.39, 0.29) is 17.3 Å². The van der Waals surface area contributed by atoms with Gasteiger partial charge in [0.25, 0.3) is 5.91 Å². The topological polar surface area (TPSA) is 131 Å². The Morgan fingerprint density at radius 3 is 2.46 bits per heavy atom. The van der Waals surface area contributed by atoms with Crippen LogP contribution in [0.25, 0.3) is 16.7 Å². The number of pyridine rings is 1. The Bertz CT molecular complexity index is 1090. The zero-order valence-corrected chi connectivity index (χ0v) is 15.3. The summed E-state index contributed by atoms with van der Waals surface area (Å²) in [6.07, 6.45) is 4.31. The number of halogens is 1. The van der Waals surface area contributed by atoms with E-state index in [0.29, 0.717) is 22.3 Å². The van der Waals surface area contributed by atoms with Crippen LogP contribution in [0.15, 0.2) is 53.7 Å². The first kappa shape index (κ1) is 19.4. The first-order valence-corrected chi connectivity index (χ1v) is 9.08. The molecule has 0 spiro atoms. The molecule has 26 heavy (non-hydrogen) atoms. The Balaban J connectivity index is 0.00000243. The maximum absolute atomic E-state index is 12.2. The summed E-state index contributed by atoms with van der Waals surface area (Å²) < 4.78 is 24.8. The highest BCUT2D eigenvalue weighted by Gasteiger charge is 2.17. The lowest BCUT2D eigenvalue weighted by Gasteiger charge is -2.05. The Hall–Kier alpha value is -2.91. The van der Waals surface area contributed by atoms with Gasteiger partial charge < -0.3 is 10.3 Å². The molecule has 10 heteroatoms. The summed E-state index contributed by atoms with van der Waals surface area (Å²) in [7, 11) is -3.29. The average molecular weight is 394 g/mol. The maximum atomic E-state index is 12.2. The molecule has 0 atom stereocenters. The molecule has 0 fully saturated rings. The van der Waals surface area contributed by atoms with Gasteiger partial charge in [0.05, 0.1) is 10.5 Å². The van der Waals surface area contributed by atoms with E-state index < -0.39 is 21.7 Å². The predicted octanol–water partition coefficient (Wildman–Crippen LogP) is 1.47. The van der Waals surface area contributed by atoms with Crippen molar-refractivity contribution in [2.45, 2.75) is 4.90 Å². The van der Waals surface area contributed by atoms with Crippen LogP contribution in [0.3, 0.4) is 0 Å². The molecule has 0 bridgehead atoms. The molecule has 0 aliphatic carbocycles. The molecule has 0 saturated heterocycles. The van der Waals surface area contributed by atoms with Crippen molar-refractivity contribution in [1.29, 1.82) is 5.41 Å². The van der Waals surface area contributed by atoms with Crippen LogP contribution < -0.4 is 11.1 Å². The second-order valence-corrected chi connectivity index (χ2v) is 7.44. The fourth-order valence-electron chi connectivity index (χ4n) is 2.48. The number of benzene rings is 1. The van der Waals surface area contributed by atoms with Gasteiger partial charge in [-0.1, -0.05) is 0 Å². The van der Waals surface area contributed by atoms with Gasteiger partial charge in [0.2, 0.25) is 0 Å². The average Bonchev–Trinajstić information content (AvgIpc) is 2.93. The van der Waals surface area contributed by atoms with Gasteiger partial charge in [-0.2, -0.15) is 0 Å². The predicted molar refractivity (Wildman–Crippen MR) is 101 cm³/mol. The first-order chi connectivity index (χ1) is 11.8. The number of fused-ring (bicyclic) bond motifs is 1. The van der Waals surface area contributed by atoms with E-state index in [1.807, 2.05) is 0 Å². The lowest BCUT2D eigenvalue weighted by atomic mass is 10.2. The second-order valence-electron chi connectivity index (χ2n) is 5.42. The van der Waals surface area contributed by atoms with Gasteiger partial charge in [0.15, 0.2) is 15.8 Å². The maximum Gasteiger partial charge on any atom is 0.260 e. The molecule has 8 nitrogen and oxygen atoms in total. The molecule has 136 valence electrons. The van der Waals surface area contributed by atoms with Crippen molar-refractivity contribution in [3.8, 4) is 5.69 Å². The van der Waals surface area contributed by atoms with E-state index in [9.17, 15) is 13.2 Å². The van der Waals surface area contributed by atoms with Crippen molar-refractivity contribution in [2.24, 2.45) is 5.73 Å². The number of hydrogen-bond donors (Lipinski definition) is 3. The van der Waals surface area contributed by atoms with Gasteiger partial charge in [-0.3, -0.25) is 15.5 Å². The number of aromatic nitrogens is 2. The van der Waals surface area contributed by atoms with Crippen LogP contribution >= 0.6 is 12.4 Å². The minimum absolute atomic E-state index is 0. The number of guanidine groups is 1. The van der Waals surface area contributed by atoms with Gasteiger partial charge in [-0.25, -0.2) is 13.4 Å². The summed E-state index contributed by atoms with van der Waals surface area (Å²) in [6, 6.07) is 9.70. The minimum atomic E-state index is -3.29. The summed E-state index contributed by atoms with van der Waals surface area (Å²) in [5.41, 5.74) is 6.71. The van der Waals surface area contributed by atoms with Crippen LogP contribution in [0.1, 0.15) is 10.4 Å². The molecular weight excluding hydrogens is 378 g/mol. The molecule has 1 aromatic carbocycles. The van der Waals surface area contributed by atoms with Gasteiger partial charge in [-0.05, 0) is 36.4 Å². The Labute approximate surface area is 155 Å². The third-order valence-corrected chi connectivity index (χ3v) is 4.73. The number of rotatable bonds is 3. The largest absolute Gasteiger partial charge is 0.370 e. The van der Waals surface area contributed by atoms with Crippen LogP contribution in [0.4, 0.5) is 0 Å². The summed E-state index contributed by atoms with van der Waals surface area (Å²) in [5.74, 6) is -0.968. The Morgan fingerprint density at radius 2 is 1.88 bits per heavy atom.